The zero-order valence-electron chi connectivity index (χ0n) is 10.5. The van der Waals surface area contributed by atoms with Crippen LogP contribution in [0, 0.1) is 0 Å². The van der Waals surface area contributed by atoms with Gasteiger partial charge in [-0.25, -0.2) is 0 Å². The number of hydrogen-bond acceptors (Lipinski definition) is 3. The molecule has 0 fully saturated rings. The van der Waals surface area contributed by atoms with E-state index in [1.165, 1.54) is 0 Å². The van der Waals surface area contributed by atoms with Gasteiger partial charge in [0.15, 0.2) is 5.82 Å². The quantitative estimate of drug-likeness (QED) is 0.651. The SMILES string of the molecule is CC(C)(C)c1cc(NC(=O)CCCCCl)no1. The lowest BCUT2D eigenvalue weighted by atomic mass is 9.93. The first kappa shape index (κ1) is 14.0. The highest BCUT2D eigenvalue weighted by Gasteiger charge is 2.20. The van der Waals surface area contributed by atoms with E-state index in [4.69, 9.17) is 16.1 Å². The highest BCUT2D eigenvalue weighted by Crippen LogP contribution is 2.24. The van der Waals surface area contributed by atoms with Crippen LogP contribution in [0.3, 0.4) is 0 Å². The molecule has 0 spiro atoms. The van der Waals surface area contributed by atoms with Crippen LogP contribution < -0.4 is 5.32 Å². The average Bonchev–Trinajstić information content (AvgIpc) is 2.66. The first-order valence-corrected chi connectivity index (χ1v) is 6.30. The Morgan fingerprint density at radius 3 is 2.71 bits per heavy atom. The van der Waals surface area contributed by atoms with Gasteiger partial charge in [0.2, 0.25) is 5.91 Å². The molecule has 1 heterocycles. The minimum absolute atomic E-state index is 0.0520. The number of aromatic nitrogens is 1. The van der Waals surface area contributed by atoms with E-state index < -0.39 is 0 Å². The largest absolute Gasteiger partial charge is 0.359 e. The summed E-state index contributed by atoms with van der Waals surface area (Å²) in [5.41, 5.74) is -0.103. The number of anilines is 1. The molecule has 0 unspecified atom stereocenters. The van der Waals surface area contributed by atoms with Crippen LogP contribution in [0.4, 0.5) is 5.82 Å². The van der Waals surface area contributed by atoms with E-state index >= 15 is 0 Å². The standard InChI is InChI=1S/C12H19ClN2O2/c1-12(2,3)9-8-10(15-17-9)14-11(16)6-4-5-7-13/h8H,4-7H2,1-3H3,(H,14,15,16). The Labute approximate surface area is 107 Å². The molecule has 17 heavy (non-hydrogen) atoms. The number of rotatable bonds is 5. The summed E-state index contributed by atoms with van der Waals surface area (Å²) in [5.74, 6) is 1.77. The second-order valence-corrected chi connectivity index (χ2v) is 5.40. The van der Waals surface area contributed by atoms with Gasteiger partial charge in [-0.2, -0.15) is 0 Å². The topological polar surface area (TPSA) is 55.1 Å². The molecule has 0 saturated heterocycles. The third-order valence-electron chi connectivity index (χ3n) is 2.30. The van der Waals surface area contributed by atoms with Crippen LogP contribution >= 0.6 is 11.6 Å². The molecule has 1 amide bonds. The molecule has 1 aromatic rings. The molecule has 0 saturated carbocycles. The Bertz CT molecular complexity index is 369. The Balaban J connectivity index is 2.46. The highest BCUT2D eigenvalue weighted by atomic mass is 35.5. The van der Waals surface area contributed by atoms with Crippen LogP contribution in [-0.2, 0) is 10.2 Å². The van der Waals surface area contributed by atoms with Crippen molar-refractivity contribution in [3.8, 4) is 0 Å². The molecule has 0 aliphatic heterocycles. The van der Waals surface area contributed by atoms with Gasteiger partial charge in [-0.15, -0.1) is 11.6 Å². The van der Waals surface area contributed by atoms with Crippen molar-refractivity contribution in [3.05, 3.63) is 11.8 Å². The van der Waals surface area contributed by atoms with Gasteiger partial charge in [-0.05, 0) is 12.8 Å². The van der Waals surface area contributed by atoms with Crippen LogP contribution in [0.25, 0.3) is 0 Å². The molecule has 5 heteroatoms. The number of nitrogens with zero attached hydrogens (tertiary/aromatic N) is 1. The maximum Gasteiger partial charge on any atom is 0.225 e. The lowest BCUT2D eigenvalue weighted by Crippen LogP contribution is -2.12. The third-order valence-corrected chi connectivity index (χ3v) is 2.57. The minimum Gasteiger partial charge on any atom is -0.359 e. The number of amides is 1. The Hall–Kier alpha value is -1.03. The van der Waals surface area contributed by atoms with Gasteiger partial charge >= 0.3 is 0 Å². The van der Waals surface area contributed by atoms with Crippen molar-refractivity contribution in [2.24, 2.45) is 0 Å². The summed E-state index contributed by atoms with van der Waals surface area (Å²) in [7, 11) is 0. The molecule has 0 aliphatic carbocycles. The third kappa shape index (κ3) is 4.77. The lowest BCUT2D eigenvalue weighted by molar-refractivity contribution is -0.116. The zero-order valence-corrected chi connectivity index (χ0v) is 11.3. The van der Waals surface area contributed by atoms with Crippen LogP contribution in [0.15, 0.2) is 10.6 Å². The zero-order chi connectivity index (χ0) is 12.9. The number of unbranched alkanes of at least 4 members (excludes halogenated alkanes) is 1. The molecule has 0 atom stereocenters. The summed E-state index contributed by atoms with van der Waals surface area (Å²) in [5, 5.41) is 6.52. The first-order valence-electron chi connectivity index (χ1n) is 5.76. The maximum atomic E-state index is 11.5. The summed E-state index contributed by atoms with van der Waals surface area (Å²) >= 11 is 5.54. The Kier molecular flexibility index (Phi) is 5.00. The molecule has 0 radical (unpaired) electrons. The second-order valence-electron chi connectivity index (χ2n) is 5.02. The van der Waals surface area contributed by atoms with E-state index in [1.54, 1.807) is 6.07 Å². The molecule has 1 rings (SSSR count). The van der Waals surface area contributed by atoms with E-state index in [0.29, 0.717) is 18.1 Å². The molecule has 0 bridgehead atoms. The summed E-state index contributed by atoms with van der Waals surface area (Å²) in [6.07, 6.45) is 2.10. The fourth-order valence-corrected chi connectivity index (χ4v) is 1.46. The van der Waals surface area contributed by atoms with E-state index in [0.717, 1.165) is 18.6 Å². The number of carbonyl (C=O) groups is 1. The van der Waals surface area contributed by atoms with Crippen LogP contribution in [-0.4, -0.2) is 16.9 Å². The Morgan fingerprint density at radius 2 is 2.18 bits per heavy atom. The maximum absolute atomic E-state index is 11.5. The first-order chi connectivity index (χ1) is 7.93. The minimum atomic E-state index is -0.103. The van der Waals surface area contributed by atoms with Gasteiger partial charge in [0.05, 0.1) is 0 Å². The van der Waals surface area contributed by atoms with Gasteiger partial charge < -0.3 is 9.84 Å². The number of halogens is 1. The van der Waals surface area contributed by atoms with Crippen molar-refractivity contribution in [2.75, 3.05) is 11.2 Å². The van der Waals surface area contributed by atoms with Crippen LogP contribution in [0.2, 0.25) is 0 Å². The molecular weight excluding hydrogens is 240 g/mol. The summed E-state index contributed by atoms with van der Waals surface area (Å²) < 4.78 is 5.17. The summed E-state index contributed by atoms with van der Waals surface area (Å²) in [4.78, 5) is 11.5. The van der Waals surface area contributed by atoms with Gasteiger partial charge in [-0.1, -0.05) is 25.9 Å². The van der Waals surface area contributed by atoms with Crippen molar-refractivity contribution in [1.82, 2.24) is 5.16 Å². The Morgan fingerprint density at radius 1 is 1.47 bits per heavy atom. The smallest absolute Gasteiger partial charge is 0.225 e. The second kappa shape index (κ2) is 6.05. The summed E-state index contributed by atoms with van der Waals surface area (Å²) in [6, 6.07) is 1.76. The number of carbonyl (C=O) groups excluding carboxylic acids is 1. The van der Waals surface area contributed by atoms with Crippen molar-refractivity contribution in [1.29, 1.82) is 0 Å². The van der Waals surface area contributed by atoms with Crippen LogP contribution in [0.1, 0.15) is 45.8 Å². The lowest BCUT2D eigenvalue weighted by Gasteiger charge is -2.11. The molecule has 1 N–H and O–H groups in total. The van der Waals surface area contributed by atoms with Crippen molar-refractivity contribution in [2.45, 2.75) is 45.4 Å². The summed E-state index contributed by atoms with van der Waals surface area (Å²) in [6.45, 7) is 6.08. The molecule has 0 aromatic carbocycles. The number of hydrogen-bond donors (Lipinski definition) is 1. The normalized spacial score (nSPS) is 11.5. The van der Waals surface area contributed by atoms with Gasteiger partial charge in [0.25, 0.3) is 0 Å². The molecule has 1 aromatic heterocycles. The fraction of sp³-hybridized carbons (Fsp3) is 0.667. The van der Waals surface area contributed by atoms with E-state index in [1.807, 2.05) is 20.8 Å². The fourth-order valence-electron chi connectivity index (χ4n) is 1.27. The van der Waals surface area contributed by atoms with Crippen molar-refractivity contribution in [3.63, 3.8) is 0 Å². The molecule has 96 valence electrons. The predicted molar refractivity (Wildman–Crippen MR) is 68.4 cm³/mol. The van der Waals surface area contributed by atoms with Crippen molar-refractivity contribution >= 4 is 23.3 Å². The van der Waals surface area contributed by atoms with Gasteiger partial charge in [0.1, 0.15) is 5.76 Å². The molecule has 4 nitrogen and oxygen atoms in total. The van der Waals surface area contributed by atoms with Crippen molar-refractivity contribution < 1.29 is 9.32 Å². The van der Waals surface area contributed by atoms with E-state index in [-0.39, 0.29) is 11.3 Å². The predicted octanol–water partition coefficient (Wildman–Crippen LogP) is 3.32. The highest BCUT2D eigenvalue weighted by molar-refractivity contribution is 6.17. The molecule has 0 aliphatic rings. The van der Waals surface area contributed by atoms with Crippen LogP contribution in [0.5, 0.6) is 0 Å². The average molecular weight is 259 g/mol. The monoisotopic (exact) mass is 258 g/mol. The number of alkyl halides is 1. The van der Waals surface area contributed by atoms with E-state index in [9.17, 15) is 4.79 Å². The van der Waals surface area contributed by atoms with E-state index in [2.05, 4.69) is 10.5 Å². The molecular formula is C12H19ClN2O2. The van der Waals surface area contributed by atoms with Gasteiger partial charge in [-0.3, -0.25) is 4.79 Å². The number of nitrogens with one attached hydrogen (secondary N) is 1. The van der Waals surface area contributed by atoms with Gasteiger partial charge in [0, 0.05) is 23.8 Å².